The summed E-state index contributed by atoms with van der Waals surface area (Å²) in [6.07, 6.45) is 3.19. The molecule has 0 fully saturated rings. The summed E-state index contributed by atoms with van der Waals surface area (Å²) < 4.78 is 0. The number of nitrogens with zero attached hydrogens (tertiary/aromatic N) is 4. The SMILES string of the molecule is CON(C)C(=O)c1cnc2c(cnn2NCc2ccccc2)c1. The van der Waals surface area contributed by atoms with Crippen LogP contribution in [0.4, 0.5) is 0 Å². The number of fused-ring (bicyclic) bond motifs is 1. The standard InChI is InChI=1S/C16H17N5O2/c1-20(23-2)16(22)14-8-13-11-19-21(15(13)17-10-14)18-9-12-6-4-3-5-7-12/h3-8,10-11,18H,9H2,1-2H3. The molecule has 3 aromatic rings. The van der Waals surface area contributed by atoms with Gasteiger partial charge in [-0.3, -0.25) is 9.63 Å². The van der Waals surface area contributed by atoms with Crippen LogP contribution in [0, 0.1) is 0 Å². The third kappa shape index (κ3) is 3.14. The zero-order valence-electron chi connectivity index (χ0n) is 12.9. The number of carbonyl (C=O) groups is 1. The minimum absolute atomic E-state index is 0.258. The van der Waals surface area contributed by atoms with Gasteiger partial charge in [-0.1, -0.05) is 30.3 Å². The normalized spacial score (nSPS) is 10.7. The highest BCUT2D eigenvalue weighted by molar-refractivity contribution is 5.96. The molecule has 0 spiro atoms. The van der Waals surface area contributed by atoms with E-state index in [1.165, 1.54) is 13.3 Å². The zero-order valence-corrected chi connectivity index (χ0v) is 12.9. The van der Waals surface area contributed by atoms with Gasteiger partial charge in [0.2, 0.25) is 0 Å². The minimum atomic E-state index is -0.258. The molecule has 0 unspecified atom stereocenters. The number of nitrogens with one attached hydrogen (secondary N) is 1. The maximum atomic E-state index is 12.1. The van der Waals surface area contributed by atoms with E-state index < -0.39 is 0 Å². The zero-order chi connectivity index (χ0) is 16.2. The molecule has 3 rings (SSSR count). The van der Waals surface area contributed by atoms with Crippen LogP contribution in [0.1, 0.15) is 15.9 Å². The van der Waals surface area contributed by atoms with E-state index in [4.69, 9.17) is 4.84 Å². The van der Waals surface area contributed by atoms with Crippen molar-refractivity contribution in [1.29, 1.82) is 0 Å². The van der Waals surface area contributed by atoms with Gasteiger partial charge in [-0.05, 0) is 11.6 Å². The number of pyridine rings is 1. The van der Waals surface area contributed by atoms with E-state index in [9.17, 15) is 4.79 Å². The Labute approximate surface area is 133 Å². The van der Waals surface area contributed by atoms with Crippen molar-refractivity contribution in [3.63, 3.8) is 0 Å². The monoisotopic (exact) mass is 311 g/mol. The lowest BCUT2D eigenvalue weighted by atomic mass is 10.2. The van der Waals surface area contributed by atoms with Crippen molar-refractivity contribution >= 4 is 16.9 Å². The van der Waals surface area contributed by atoms with E-state index in [1.54, 1.807) is 24.1 Å². The van der Waals surface area contributed by atoms with Crippen LogP contribution in [-0.2, 0) is 11.4 Å². The first-order valence-corrected chi connectivity index (χ1v) is 7.13. The summed E-state index contributed by atoms with van der Waals surface area (Å²) in [5.41, 5.74) is 5.45. The largest absolute Gasteiger partial charge is 0.304 e. The van der Waals surface area contributed by atoms with Crippen molar-refractivity contribution in [3.05, 3.63) is 59.9 Å². The topological polar surface area (TPSA) is 72.3 Å². The van der Waals surface area contributed by atoms with Gasteiger partial charge in [-0.15, -0.1) is 0 Å². The molecule has 0 radical (unpaired) electrons. The highest BCUT2D eigenvalue weighted by Crippen LogP contribution is 2.13. The van der Waals surface area contributed by atoms with Crippen LogP contribution in [0.25, 0.3) is 11.0 Å². The molecule has 2 heterocycles. The van der Waals surface area contributed by atoms with Crippen LogP contribution in [-0.4, -0.2) is 40.0 Å². The predicted octanol–water partition coefficient (Wildman–Crippen LogP) is 1.81. The minimum Gasteiger partial charge on any atom is -0.304 e. The molecule has 23 heavy (non-hydrogen) atoms. The van der Waals surface area contributed by atoms with E-state index >= 15 is 0 Å². The fourth-order valence-electron chi connectivity index (χ4n) is 2.18. The average molecular weight is 311 g/mol. The molecule has 118 valence electrons. The number of aromatic nitrogens is 3. The molecule has 0 atom stereocenters. The van der Waals surface area contributed by atoms with Crippen LogP contribution in [0.5, 0.6) is 0 Å². The average Bonchev–Trinajstić information content (AvgIpc) is 3.01. The van der Waals surface area contributed by atoms with Crippen molar-refractivity contribution in [2.75, 3.05) is 19.6 Å². The molecule has 1 aromatic carbocycles. The van der Waals surface area contributed by atoms with Crippen LogP contribution >= 0.6 is 0 Å². The Morgan fingerprint density at radius 3 is 2.83 bits per heavy atom. The van der Waals surface area contributed by atoms with Gasteiger partial charge in [0, 0.05) is 18.6 Å². The van der Waals surface area contributed by atoms with Crippen molar-refractivity contribution in [2.24, 2.45) is 0 Å². The lowest BCUT2D eigenvalue weighted by Gasteiger charge is -2.13. The van der Waals surface area contributed by atoms with Crippen LogP contribution < -0.4 is 5.43 Å². The summed E-state index contributed by atoms with van der Waals surface area (Å²) in [6.45, 7) is 0.631. The summed E-state index contributed by atoms with van der Waals surface area (Å²) in [7, 11) is 2.99. The second-order valence-corrected chi connectivity index (χ2v) is 5.00. The maximum absolute atomic E-state index is 12.1. The third-order valence-corrected chi connectivity index (χ3v) is 3.49. The molecule has 7 nitrogen and oxygen atoms in total. The Bertz CT molecular complexity index is 816. The van der Waals surface area contributed by atoms with Crippen LogP contribution in [0.3, 0.4) is 0 Å². The van der Waals surface area contributed by atoms with Gasteiger partial charge < -0.3 is 5.43 Å². The van der Waals surface area contributed by atoms with Crippen molar-refractivity contribution in [1.82, 2.24) is 19.9 Å². The summed E-state index contributed by atoms with van der Waals surface area (Å²) >= 11 is 0. The lowest BCUT2D eigenvalue weighted by molar-refractivity contribution is -0.0757. The Balaban J connectivity index is 1.80. The third-order valence-electron chi connectivity index (χ3n) is 3.49. The number of rotatable bonds is 5. The molecule has 1 N–H and O–H groups in total. The number of hydrogen-bond acceptors (Lipinski definition) is 5. The number of amides is 1. The summed E-state index contributed by atoms with van der Waals surface area (Å²) in [5.74, 6) is -0.258. The van der Waals surface area contributed by atoms with Gasteiger partial charge in [0.15, 0.2) is 5.65 Å². The molecular weight excluding hydrogens is 294 g/mol. The highest BCUT2D eigenvalue weighted by Gasteiger charge is 2.14. The van der Waals surface area contributed by atoms with Gasteiger partial charge in [0.05, 0.1) is 25.4 Å². The molecule has 0 saturated heterocycles. The van der Waals surface area contributed by atoms with Crippen molar-refractivity contribution < 1.29 is 9.63 Å². The smallest absolute Gasteiger partial charge is 0.278 e. The number of hydrogen-bond donors (Lipinski definition) is 1. The first-order valence-electron chi connectivity index (χ1n) is 7.13. The van der Waals surface area contributed by atoms with Gasteiger partial charge >= 0.3 is 0 Å². The van der Waals surface area contributed by atoms with Crippen molar-refractivity contribution in [3.8, 4) is 0 Å². The Hall–Kier alpha value is -2.93. The molecule has 0 aliphatic carbocycles. The van der Waals surface area contributed by atoms with Gasteiger partial charge in [0.1, 0.15) is 0 Å². The molecule has 7 heteroatoms. The first kappa shape index (κ1) is 15.0. The maximum Gasteiger partial charge on any atom is 0.278 e. The van der Waals surface area contributed by atoms with Gasteiger partial charge in [0.25, 0.3) is 5.91 Å². The molecule has 1 amide bonds. The lowest BCUT2D eigenvalue weighted by Crippen LogP contribution is -2.25. The summed E-state index contributed by atoms with van der Waals surface area (Å²) in [5, 5.41) is 6.20. The second kappa shape index (κ2) is 6.45. The van der Waals surface area contributed by atoms with E-state index in [2.05, 4.69) is 15.5 Å². The Kier molecular flexibility index (Phi) is 4.20. The molecular formula is C16H17N5O2. The molecule has 0 aliphatic heterocycles. The van der Waals surface area contributed by atoms with E-state index in [0.29, 0.717) is 17.8 Å². The molecule has 0 aliphatic rings. The molecule has 2 aromatic heterocycles. The van der Waals surface area contributed by atoms with Gasteiger partial charge in [-0.25, -0.2) is 10.0 Å². The van der Waals surface area contributed by atoms with Crippen LogP contribution in [0.15, 0.2) is 48.8 Å². The van der Waals surface area contributed by atoms with Crippen molar-refractivity contribution in [2.45, 2.75) is 6.54 Å². The fraction of sp³-hybridized carbons (Fsp3) is 0.188. The van der Waals surface area contributed by atoms with Gasteiger partial charge in [-0.2, -0.15) is 9.89 Å². The predicted molar refractivity (Wildman–Crippen MR) is 86.1 cm³/mol. The molecule has 0 bridgehead atoms. The van der Waals surface area contributed by atoms with E-state index in [-0.39, 0.29) is 5.91 Å². The molecule has 0 saturated carbocycles. The fourth-order valence-corrected chi connectivity index (χ4v) is 2.18. The quantitative estimate of drug-likeness (QED) is 0.728. The second-order valence-electron chi connectivity index (χ2n) is 5.00. The Morgan fingerprint density at radius 2 is 2.09 bits per heavy atom. The summed E-state index contributed by atoms with van der Waals surface area (Å²) in [6, 6.07) is 11.8. The number of benzene rings is 1. The summed E-state index contributed by atoms with van der Waals surface area (Å²) in [4.78, 5) is 22.9. The van der Waals surface area contributed by atoms with E-state index in [0.717, 1.165) is 16.0 Å². The van der Waals surface area contributed by atoms with Crippen LogP contribution in [0.2, 0.25) is 0 Å². The highest BCUT2D eigenvalue weighted by atomic mass is 16.7. The van der Waals surface area contributed by atoms with E-state index in [1.807, 2.05) is 30.3 Å². The number of hydroxylamine groups is 2. The Morgan fingerprint density at radius 1 is 1.30 bits per heavy atom. The number of carbonyl (C=O) groups excluding carboxylic acids is 1. The first-order chi connectivity index (χ1) is 11.2.